The van der Waals surface area contributed by atoms with Crippen molar-refractivity contribution in [3.63, 3.8) is 0 Å². The first kappa shape index (κ1) is 39.5. The zero-order valence-corrected chi connectivity index (χ0v) is 25.7. The molecule has 0 aromatic rings. The van der Waals surface area contributed by atoms with E-state index in [1.807, 2.05) is 0 Å². The van der Waals surface area contributed by atoms with Crippen LogP contribution in [-0.2, 0) is 33.3 Å². The van der Waals surface area contributed by atoms with Crippen molar-refractivity contribution in [1.82, 2.24) is 31.9 Å². The van der Waals surface area contributed by atoms with Gasteiger partial charge in [-0.15, -0.1) is 0 Å². The first-order chi connectivity index (χ1) is 21.0. The van der Waals surface area contributed by atoms with Crippen LogP contribution in [0, 0.1) is 0 Å². The van der Waals surface area contributed by atoms with Crippen molar-refractivity contribution in [2.24, 2.45) is 0 Å². The van der Waals surface area contributed by atoms with Crippen LogP contribution in [0.3, 0.4) is 0 Å². The van der Waals surface area contributed by atoms with Gasteiger partial charge in [0.15, 0.2) is 0 Å². The molecule has 0 aromatic heterocycles. The first-order valence-electron chi connectivity index (χ1n) is 14.1. The highest BCUT2D eigenvalue weighted by atomic mass is 16.5. The minimum Gasteiger partial charge on any atom is -0.480 e. The molecule has 252 valence electrons. The lowest BCUT2D eigenvalue weighted by Gasteiger charge is -2.21. The van der Waals surface area contributed by atoms with E-state index in [1.54, 1.807) is 0 Å². The van der Waals surface area contributed by atoms with Gasteiger partial charge in [-0.05, 0) is 57.8 Å². The number of amides is 6. The van der Waals surface area contributed by atoms with Gasteiger partial charge in [-0.2, -0.15) is 0 Å². The first-order valence-corrected chi connectivity index (χ1v) is 14.1. The molecule has 0 fully saturated rings. The third-order valence-corrected chi connectivity index (χ3v) is 6.17. The topological polar surface area (TPSA) is 249 Å². The van der Waals surface area contributed by atoms with Crippen molar-refractivity contribution in [2.45, 2.75) is 75.9 Å². The Hall–Kier alpha value is -4.51. The van der Waals surface area contributed by atoms with E-state index in [4.69, 9.17) is 0 Å². The zero-order chi connectivity index (χ0) is 33.3. The second-order valence-electron chi connectivity index (χ2n) is 9.39. The lowest BCUT2D eigenvalue weighted by atomic mass is 10.1. The third-order valence-electron chi connectivity index (χ3n) is 6.17. The molecule has 0 rings (SSSR count). The van der Waals surface area contributed by atoms with E-state index in [0.29, 0.717) is 45.1 Å². The maximum Gasteiger partial charge on any atom is 0.407 e. The Morgan fingerprint density at radius 2 is 0.841 bits per heavy atom. The molecule has 3 atom stereocenters. The third kappa shape index (κ3) is 18.8. The largest absolute Gasteiger partial charge is 0.480 e. The predicted molar refractivity (Wildman–Crippen MR) is 154 cm³/mol. The molecule has 44 heavy (non-hydrogen) atoms. The highest BCUT2D eigenvalue weighted by Crippen LogP contribution is 2.07. The van der Waals surface area contributed by atoms with Crippen LogP contribution in [-0.4, -0.2) is 113 Å². The van der Waals surface area contributed by atoms with Gasteiger partial charge < -0.3 is 56.0 Å². The van der Waals surface area contributed by atoms with E-state index in [9.17, 15) is 38.7 Å². The average Bonchev–Trinajstić information content (AvgIpc) is 3.01. The van der Waals surface area contributed by atoms with Crippen LogP contribution in [0.2, 0.25) is 0 Å². The summed E-state index contributed by atoms with van der Waals surface area (Å²) >= 11 is 0. The Morgan fingerprint density at radius 3 is 1.23 bits per heavy atom. The van der Waals surface area contributed by atoms with Crippen molar-refractivity contribution in [1.29, 1.82) is 0 Å². The number of alkyl carbamates (subject to hydrolysis) is 4. The second kappa shape index (κ2) is 24.0. The summed E-state index contributed by atoms with van der Waals surface area (Å²) in [6.45, 7) is 0.782. The molecule has 7 N–H and O–H groups in total. The number of carboxylic acid groups (broad SMARTS) is 1. The molecule has 3 unspecified atom stereocenters. The number of methoxy groups -OCH3 is 4. The Bertz CT molecular complexity index is 935. The highest BCUT2D eigenvalue weighted by molar-refractivity contribution is 5.89. The van der Waals surface area contributed by atoms with Crippen molar-refractivity contribution >= 4 is 42.2 Å². The fourth-order valence-corrected chi connectivity index (χ4v) is 3.75. The summed E-state index contributed by atoms with van der Waals surface area (Å²) < 4.78 is 18.1. The van der Waals surface area contributed by atoms with Crippen LogP contribution in [0.15, 0.2) is 0 Å². The zero-order valence-electron chi connectivity index (χ0n) is 25.7. The molecule has 0 aliphatic heterocycles. The van der Waals surface area contributed by atoms with Gasteiger partial charge in [0.25, 0.3) is 0 Å². The van der Waals surface area contributed by atoms with E-state index >= 15 is 0 Å². The number of carbonyl (C=O) groups is 7. The number of carboxylic acids is 1. The van der Waals surface area contributed by atoms with Gasteiger partial charge >= 0.3 is 30.3 Å². The van der Waals surface area contributed by atoms with Gasteiger partial charge in [-0.25, -0.2) is 24.0 Å². The molecule has 0 radical (unpaired) electrons. The number of aliphatic carboxylic acids is 1. The van der Waals surface area contributed by atoms with Crippen molar-refractivity contribution in [3.05, 3.63) is 0 Å². The molecule has 0 bridgehead atoms. The van der Waals surface area contributed by atoms with Gasteiger partial charge in [0.1, 0.15) is 18.1 Å². The summed E-state index contributed by atoms with van der Waals surface area (Å²) in [6, 6.07) is -3.21. The van der Waals surface area contributed by atoms with E-state index in [2.05, 4.69) is 50.8 Å². The predicted octanol–water partition coefficient (Wildman–Crippen LogP) is 0.344. The molecule has 0 aromatic carbocycles. The van der Waals surface area contributed by atoms with Crippen LogP contribution in [0.1, 0.15) is 57.8 Å². The number of hydrogen-bond donors (Lipinski definition) is 7. The van der Waals surface area contributed by atoms with Gasteiger partial charge in [0.05, 0.1) is 28.4 Å². The molecule has 18 nitrogen and oxygen atoms in total. The number of unbranched alkanes of at least 4 members (excludes halogenated alkanes) is 3. The van der Waals surface area contributed by atoms with E-state index in [1.165, 1.54) is 21.3 Å². The molecule has 18 heteroatoms. The number of rotatable bonds is 21. The number of carbonyl (C=O) groups excluding carboxylic acids is 6. The van der Waals surface area contributed by atoms with Crippen LogP contribution in [0.25, 0.3) is 0 Å². The molecule has 6 amide bonds. The Morgan fingerprint density at radius 1 is 0.477 bits per heavy atom. The minimum absolute atomic E-state index is 0.0436. The second-order valence-corrected chi connectivity index (χ2v) is 9.39. The van der Waals surface area contributed by atoms with Crippen LogP contribution in [0.5, 0.6) is 0 Å². The fourth-order valence-electron chi connectivity index (χ4n) is 3.75. The molecule has 0 aliphatic rings. The molecule has 0 spiro atoms. The van der Waals surface area contributed by atoms with Gasteiger partial charge in [-0.3, -0.25) is 9.59 Å². The summed E-state index contributed by atoms with van der Waals surface area (Å²) in [5, 5.41) is 24.6. The number of ether oxygens (including phenoxy) is 4. The lowest BCUT2D eigenvalue weighted by Crippen LogP contribution is -2.51. The monoisotopic (exact) mass is 634 g/mol. The summed E-state index contributed by atoms with van der Waals surface area (Å²) in [7, 11) is 4.77. The van der Waals surface area contributed by atoms with E-state index in [0.717, 1.165) is 7.11 Å². The van der Waals surface area contributed by atoms with Crippen molar-refractivity contribution in [2.75, 3.05) is 48.1 Å². The Kier molecular flexibility index (Phi) is 21.5. The molecule has 0 saturated carbocycles. The molecule has 0 aliphatic carbocycles. The maximum absolute atomic E-state index is 12.8. The highest BCUT2D eigenvalue weighted by Gasteiger charge is 2.26. The summed E-state index contributed by atoms with van der Waals surface area (Å²) in [4.78, 5) is 82.9. The normalized spacial score (nSPS) is 12.3. The van der Waals surface area contributed by atoms with Gasteiger partial charge in [0, 0.05) is 19.6 Å². The number of nitrogens with one attached hydrogen (secondary N) is 6. The summed E-state index contributed by atoms with van der Waals surface area (Å²) in [5.74, 6) is -2.45. The molecular formula is C26H46N6O12. The van der Waals surface area contributed by atoms with Crippen LogP contribution >= 0.6 is 0 Å². The standard InChI is InChI=1S/C26H46N6O12/c1-41-23(37)28-15-9-5-11-17(31-25(39)43-3)20(33)27-14-8-7-13-19(22(35)36)30-21(34)18(32-26(40)44-4)12-6-10-16-29-24(38)42-2/h17-19H,5-16H2,1-4H3,(H,27,33)(H,28,37)(H,29,38)(H,30,34)(H,31,39)(H,32,40)(H,35,36). The number of hydrogen-bond acceptors (Lipinski definition) is 11. The van der Waals surface area contributed by atoms with E-state index < -0.39 is 60.3 Å². The Balaban J connectivity index is 4.80. The lowest BCUT2D eigenvalue weighted by molar-refractivity contribution is -0.142. The summed E-state index contributed by atoms with van der Waals surface area (Å²) in [6.07, 6.45) is 0.274. The van der Waals surface area contributed by atoms with Crippen LogP contribution < -0.4 is 31.9 Å². The van der Waals surface area contributed by atoms with Crippen molar-refractivity contribution < 1.29 is 57.6 Å². The minimum atomic E-state index is -1.27. The SMILES string of the molecule is COC(=O)NCCCCC(NC(=O)OC)C(=O)NCCCCC(NC(=O)C(CCCCNC(=O)OC)NC(=O)OC)C(=O)O. The molecule has 0 heterocycles. The smallest absolute Gasteiger partial charge is 0.407 e. The molecule has 0 saturated heterocycles. The Labute approximate surface area is 256 Å². The van der Waals surface area contributed by atoms with E-state index in [-0.39, 0.29) is 32.4 Å². The van der Waals surface area contributed by atoms with Gasteiger partial charge in [-0.1, -0.05) is 0 Å². The average molecular weight is 635 g/mol. The van der Waals surface area contributed by atoms with Crippen molar-refractivity contribution in [3.8, 4) is 0 Å². The summed E-state index contributed by atoms with van der Waals surface area (Å²) in [5.41, 5.74) is 0. The molecular weight excluding hydrogens is 588 g/mol. The van der Waals surface area contributed by atoms with Crippen LogP contribution in [0.4, 0.5) is 19.2 Å². The quantitative estimate of drug-likeness (QED) is 0.0667. The van der Waals surface area contributed by atoms with Gasteiger partial charge in [0.2, 0.25) is 11.8 Å². The maximum atomic E-state index is 12.8. The fraction of sp³-hybridized carbons (Fsp3) is 0.731.